The molecule has 2 aromatic rings. The van der Waals surface area contributed by atoms with Crippen molar-refractivity contribution in [2.45, 2.75) is 13.5 Å². The lowest BCUT2D eigenvalue weighted by Crippen LogP contribution is -2.20. The maximum atomic E-state index is 5.40. The third-order valence-electron chi connectivity index (χ3n) is 3.02. The zero-order valence-corrected chi connectivity index (χ0v) is 11.5. The molecule has 3 nitrogen and oxygen atoms in total. The van der Waals surface area contributed by atoms with Gasteiger partial charge in [-0.15, -0.1) is 6.42 Å². The van der Waals surface area contributed by atoms with E-state index in [2.05, 4.69) is 36.4 Å². The Morgan fingerprint density at radius 2 is 2.16 bits per heavy atom. The van der Waals surface area contributed by atoms with Gasteiger partial charge in [0.2, 0.25) is 0 Å². The predicted molar refractivity (Wildman–Crippen MR) is 81.2 cm³/mol. The van der Waals surface area contributed by atoms with Crippen LogP contribution in [0.4, 0.5) is 5.82 Å². The van der Waals surface area contributed by atoms with Crippen LogP contribution in [0.15, 0.2) is 30.3 Å². The van der Waals surface area contributed by atoms with Crippen LogP contribution in [0.2, 0.25) is 0 Å². The van der Waals surface area contributed by atoms with Gasteiger partial charge in [-0.25, -0.2) is 4.98 Å². The second-order valence-corrected chi connectivity index (χ2v) is 4.50. The van der Waals surface area contributed by atoms with Crippen LogP contribution in [0, 0.1) is 12.3 Å². The van der Waals surface area contributed by atoms with Crippen LogP contribution in [0.25, 0.3) is 10.8 Å². The summed E-state index contributed by atoms with van der Waals surface area (Å²) in [4.78, 5) is 6.74. The first-order valence-electron chi connectivity index (χ1n) is 6.50. The van der Waals surface area contributed by atoms with E-state index in [4.69, 9.17) is 11.4 Å². The average Bonchev–Trinajstić information content (AvgIpc) is 2.44. The highest BCUT2D eigenvalue weighted by Gasteiger charge is 2.09. The highest BCUT2D eigenvalue weighted by atomic mass is 15.2. The van der Waals surface area contributed by atoms with Gasteiger partial charge in [-0.2, -0.15) is 0 Å². The summed E-state index contributed by atoms with van der Waals surface area (Å²) in [6.07, 6.45) is 5.40. The van der Waals surface area contributed by atoms with Gasteiger partial charge >= 0.3 is 0 Å². The van der Waals surface area contributed by atoms with Gasteiger partial charge in [0.1, 0.15) is 5.82 Å². The van der Waals surface area contributed by atoms with E-state index in [1.807, 2.05) is 24.1 Å². The first-order chi connectivity index (χ1) is 9.26. The minimum Gasteiger partial charge on any atom is -0.348 e. The summed E-state index contributed by atoms with van der Waals surface area (Å²) < 4.78 is 0. The average molecular weight is 253 g/mol. The molecule has 0 aliphatic rings. The predicted octanol–water partition coefficient (Wildman–Crippen LogP) is 2.41. The summed E-state index contributed by atoms with van der Waals surface area (Å²) in [7, 11) is 1.98. The summed E-state index contributed by atoms with van der Waals surface area (Å²) in [5, 5.41) is 5.64. The Hall–Kier alpha value is -2.05. The van der Waals surface area contributed by atoms with Crippen molar-refractivity contribution in [1.82, 2.24) is 10.3 Å². The minimum absolute atomic E-state index is 0.557. The topological polar surface area (TPSA) is 28.2 Å². The second-order valence-electron chi connectivity index (χ2n) is 4.50. The molecule has 19 heavy (non-hydrogen) atoms. The van der Waals surface area contributed by atoms with Crippen LogP contribution in [0.5, 0.6) is 0 Å². The fraction of sp³-hybridized carbons (Fsp3) is 0.312. The van der Waals surface area contributed by atoms with Crippen molar-refractivity contribution >= 4 is 16.6 Å². The number of nitrogens with one attached hydrogen (secondary N) is 1. The molecule has 0 atom stereocenters. The standard InChI is InChI=1S/C16H19N3/c1-4-10-19(3)16-15-9-7-6-8-13(15)11-14(18-16)12-17-5-2/h1,6-9,11,17H,5,10,12H2,2-3H3. The van der Waals surface area contributed by atoms with Crippen molar-refractivity contribution in [2.24, 2.45) is 0 Å². The smallest absolute Gasteiger partial charge is 0.137 e. The van der Waals surface area contributed by atoms with Gasteiger partial charge in [0.05, 0.1) is 12.2 Å². The molecule has 0 aliphatic heterocycles. The van der Waals surface area contributed by atoms with Crippen LogP contribution in [0.3, 0.4) is 0 Å². The lowest BCUT2D eigenvalue weighted by Gasteiger charge is -2.18. The van der Waals surface area contributed by atoms with Crippen molar-refractivity contribution in [3.63, 3.8) is 0 Å². The van der Waals surface area contributed by atoms with Gasteiger partial charge in [0.15, 0.2) is 0 Å². The van der Waals surface area contributed by atoms with E-state index in [-0.39, 0.29) is 0 Å². The molecule has 0 aliphatic carbocycles. The van der Waals surface area contributed by atoms with Crippen molar-refractivity contribution < 1.29 is 0 Å². The first kappa shape index (κ1) is 13.4. The molecule has 0 amide bonds. The number of aromatic nitrogens is 1. The molecule has 0 spiro atoms. The quantitative estimate of drug-likeness (QED) is 0.829. The Labute approximate surface area is 114 Å². The van der Waals surface area contributed by atoms with Crippen molar-refractivity contribution in [3.05, 3.63) is 36.0 Å². The Morgan fingerprint density at radius 1 is 1.37 bits per heavy atom. The number of hydrogen-bond acceptors (Lipinski definition) is 3. The van der Waals surface area contributed by atoms with E-state index in [0.29, 0.717) is 6.54 Å². The Bertz CT molecular complexity index is 598. The second kappa shape index (κ2) is 6.21. The number of fused-ring (bicyclic) bond motifs is 1. The zero-order chi connectivity index (χ0) is 13.7. The number of pyridine rings is 1. The summed E-state index contributed by atoms with van der Waals surface area (Å²) in [6.45, 7) is 4.36. The molecule has 98 valence electrons. The van der Waals surface area contributed by atoms with Gasteiger partial charge in [-0.1, -0.05) is 37.1 Å². The van der Waals surface area contributed by atoms with E-state index in [0.717, 1.165) is 30.0 Å². The zero-order valence-electron chi connectivity index (χ0n) is 11.5. The third kappa shape index (κ3) is 3.04. The van der Waals surface area contributed by atoms with Crippen molar-refractivity contribution in [1.29, 1.82) is 0 Å². The maximum Gasteiger partial charge on any atom is 0.137 e. The molecular weight excluding hydrogens is 234 g/mol. The molecule has 0 unspecified atom stereocenters. The molecule has 0 saturated heterocycles. The minimum atomic E-state index is 0.557. The van der Waals surface area contributed by atoms with Gasteiger partial charge in [0.25, 0.3) is 0 Å². The van der Waals surface area contributed by atoms with Crippen LogP contribution in [-0.2, 0) is 6.54 Å². The maximum absolute atomic E-state index is 5.40. The molecule has 0 bridgehead atoms. The normalized spacial score (nSPS) is 10.4. The SMILES string of the molecule is C#CCN(C)c1nc(CNCC)cc2ccccc12. The number of terminal acetylenes is 1. The number of benzene rings is 1. The fourth-order valence-electron chi connectivity index (χ4n) is 2.08. The summed E-state index contributed by atoms with van der Waals surface area (Å²) in [5.74, 6) is 3.61. The first-order valence-corrected chi connectivity index (χ1v) is 6.50. The molecule has 1 N–H and O–H groups in total. The van der Waals surface area contributed by atoms with E-state index >= 15 is 0 Å². The molecule has 0 fully saturated rings. The van der Waals surface area contributed by atoms with E-state index in [1.54, 1.807) is 0 Å². The summed E-state index contributed by atoms with van der Waals surface area (Å²) >= 11 is 0. The number of hydrogen-bond donors (Lipinski definition) is 1. The highest BCUT2D eigenvalue weighted by Crippen LogP contribution is 2.24. The Kier molecular flexibility index (Phi) is 4.38. The highest BCUT2D eigenvalue weighted by molar-refractivity contribution is 5.92. The molecule has 1 aromatic heterocycles. The Morgan fingerprint density at radius 3 is 2.89 bits per heavy atom. The monoisotopic (exact) mass is 253 g/mol. The molecule has 0 radical (unpaired) electrons. The summed E-state index contributed by atoms with van der Waals surface area (Å²) in [6, 6.07) is 10.4. The molecular formula is C16H19N3. The van der Waals surface area contributed by atoms with E-state index in [9.17, 15) is 0 Å². The fourth-order valence-corrected chi connectivity index (χ4v) is 2.08. The number of rotatable bonds is 5. The van der Waals surface area contributed by atoms with E-state index < -0.39 is 0 Å². The molecule has 2 rings (SSSR count). The molecule has 1 heterocycles. The van der Waals surface area contributed by atoms with E-state index in [1.165, 1.54) is 5.39 Å². The number of anilines is 1. The largest absolute Gasteiger partial charge is 0.348 e. The molecule has 0 saturated carbocycles. The van der Waals surface area contributed by atoms with Crippen LogP contribution in [0.1, 0.15) is 12.6 Å². The lowest BCUT2D eigenvalue weighted by molar-refractivity contribution is 0.711. The summed E-state index contributed by atoms with van der Waals surface area (Å²) in [5.41, 5.74) is 1.04. The molecule has 3 heteroatoms. The molecule has 1 aromatic carbocycles. The van der Waals surface area contributed by atoms with Crippen molar-refractivity contribution in [3.8, 4) is 12.3 Å². The van der Waals surface area contributed by atoms with Crippen LogP contribution in [-0.4, -0.2) is 25.1 Å². The number of nitrogens with zero attached hydrogens (tertiary/aromatic N) is 2. The van der Waals surface area contributed by atoms with Gasteiger partial charge in [-0.05, 0) is 18.0 Å². The lowest BCUT2D eigenvalue weighted by atomic mass is 10.1. The van der Waals surface area contributed by atoms with Crippen LogP contribution >= 0.6 is 0 Å². The van der Waals surface area contributed by atoms with Gasteiger partial charge in [0, 0.05) is 19.0 Å². The van der Waals surface area contributed by atoms with Gasteiger partial charge < -0.3 is 10.2 Å². The third-order valence-corrected chi connectivity index (χ3v) is 3.02. The van der Waals surface area contributed by atoms with Crippen molar-refractivity contribution in [2.75, 3.05) is 25.0 Å². The Balaban J connectivity index is 2.48. The van der Waals surface area contributed by atoms with Crippen LogP contribution < -0.4 is 10.2 Å². The van der Waals surface area contributed by atoms with Gasteiger partial charge in [-0.3, -0.25) is 0 Å².